The molecule has 31 heavy (non-hydrogen) atoms. The van der Waals surface area contributed by atoms with Crippen LogP contribution in [0.3, 0.4) is 0 Å². The topological polar surface area (TPSA) is 48.3 Å². The average molecular weight is 444 g/mol. The van der Waals surface area contributed by atoms with Crippen LogP contribution < -0.4 is 10.2 Å². The lowest BCUT2D eigenvalue weighted by Gasteiger charge is -2.28. The van der Waals surface area contributed by atoms with Crippen molar-refractivity contribution in [2.24, 2.45) is 0 Å². The molecular weight excluding hydrogens is 420 g/mol. The molecule has 2 aromatic heterocycles. The van der Waals surface area contributed by atoms with E-state index in [0.717, 1.165) is 33.7 Å². The van der Waals surface area contributed by atoms with Gasteiger partial charge in [0.2, 0.25) is 0 Å². The third-order valence-electron chi connectivity index (χ3n) is 6.53. The van der Waals surface area contributed by atoms with Gasteiger partial charge in [0.1, 0.15) is 0 Å². The van der Waals surface area contributed by atoms with E-state index in [1.54, 1.807) is 26.3 Å². The number of aryl methyl sites for hydroxylation is 1. The van der Waals surface area contributed by atoms with Gasteiger partial charge in [-0.15, -0.1) is 11.3 Å². The molecule has 7 heteroatoms. The maximum Gasteiger partial charge on any atom is 0.255 e. The van der Waals surface area contributed by atoms with Crippen molar-refractivity contribution in [2.45, 2.75) is 57.4 Å². The molecule has 0 radical (unpaired) electrons. The summed E-state index contributed by atoms with van der Waals surface area (Å²) in [7, 11) is 1.56. The molecule has 1 aromatic carbocycles. The minimum absolute atomic E-state index is 0.138. The number of benzene rings is 1. The predicted octanol–water partition coefficient (Wildman–Crippen LogP) is 5.96. The molecule has 0 saturated heterocycles. The Morgan fingerprint density at radius 2 is 2.03 bits per heavy atom. The van der Waals surface area contributed by atoms with Gasteiger partial charge in [-0.05, 0) is 49.9 Å². The number of fused-ring (bicyclic) bond motifs is 2. The Kier molecular flexibility index (Phi) is 4.59. The van der Waals surface area contributed by atoms with Gasteiger partial charge in [0.15, 0.2) is 17.0 Å². The van der Waals surface area contributed by atoms with Gasteiger partial charge in [-0.1, -0.05) is 6.92 Å². The van der Waals surface area contributed by atoms with Gasteiger partial charge in [-0.3, -0.25) is 9.59 Å². The monoisotopic (exact) mass is 443 g/mol. The summed E-state index contributed by atoms with van der Waals surface area (Å²) < 4.78 is 36.3. The molecule has 0 aliphatic heterocycles. The number of ketones is 1. The van der Waals surface area contributed by atoms with Crippen molar-refractivity contribution in [1.29, 1.82) is 0 Å². The van der Waals surface area contributed by atoms with E-state index < -0.39 is 11.8 Å². The molecule has 2 aliphatic carbocycles. The molecule has 4 nitrogen and oxygen atoms in total. The molecule has 0 spiro atoms. The van der Waals surface area contributed by atoms with Gasteiger partial charge >= 0.3 is 0 Å². The molecule has 1 unspecified atom stereocenters. The average Bonchev–Trinajstić information content (AvgIpc) is 3.48. The number of ether oxygens (including phenoxy) is 1. The zero-order valence-corrected chi connectivity index (χ0v) is 18.4. The first-order chi connectivity index (χ1) is 14.7. The summed E-state index contributed by atoms with van der Waals surface area (Å²) in [6, 6.07) is 5.75. The Labute approximate surface area is 182 Å². The first kappa shape index (κ1) is 20.4. The van der Waals surface area contributed by atoms with E-state index in [-0.39, 0.29) is 29.2 Å². The third kappa shape index (κ3) is 3.13. The van der Waals surface area contributed by atoms with Crippen LogP contribution >= 0.6 is 11.3 Å². The maximum absolute atomic E-state index is 14.3. The van der Waals surface area contributed by atoms with E-state index in [0.29, 0.717) is 23.1 Å². The number of rotatable bonds is 4. The first-order valence-electron chi connectivity index (χ1n) is 10.5. The predicted molar refractivity (Wildman–Crippen MR) is 118 cm³/mol. The van der Waals surface area contributed by atoms with Crippen LogP contribution in [0.1, 0.15) is 65.9 Å². The lowest BCUT2D eigenvalue weighted by atomic mass is 9.87. The summed E-state index contributed by atoms with van der Waals surface area (Å²) in [5.74, 6) is -3.22. The third-order valence-corrected chi connectivity index (χ3v) is 7.93. The van der Waals surface area contributed by atoms with E-state index >= 15 is 0 Å². The van der Waals surface area contributed by atoms with E-state index in [9.17, 15) is 18.4 Å². The van der Waals surface area contributed by atoms with Crippen molar-refractivity contribution in [3.63, 3.8) is 0 Å². The minimum Gasteiger partial charge on any atom is -0.494 e. The van der Waals surface area contributed by atoms with Crippen LogP contribution in [-0.4, -0.2) is 23.4 Å². The van der Waals surface area contributed by atoms with Crippen LogP contribution in [-0.2, 0) is 6.42 Å². The Morgan fingerprint density at radius 1 is 1.29 bits per heavy atom. The standard InChI is InChI=1S/C24H23F2NO3S/c1-12-23-14(8-9-24(12,25)26)10-19(31-23)16-6-7-17-20(22(16)30-3)27(15-4-5-15)11-18(13(2)28)21(17)29/h6-7,10-12,15H,4-5,8-9H2,1-3H3. The Hall–Kier alpha value is -2.54. The lowest BCUT2D eigenvalue weighted by molar-refractivity contribution is -0.0347. The zero-order chi connectivity index (χ0) is 22.1. The number of methoxy groups -OCH3 is 1. The largest absolute Gasteiger partial charge is 0.494 e. The first-order valence-corrected chi connectivity index (χ1v) is 11.3. The number of hydrogen-bond acceptors (Lipinski definition) is 4. The number of pyridine rings is 1. The molecule has 1 saturated carbocycles. The number of halogens is 2. The van der Waals surface area contributed by atoms with Gasteiger partial charge in [-0.25, -0.2) is 8.78 Å². The fraction of sp³-hybridized carbons (Fsp3) is 0.417. The number of hydrogen-bond donors (Lipinski definition) is 0. The quantitative estimate of drug-likeness (QED) is 0.468. The minimum atomic E-state index is -2.70. The molecule has 0 amide bonds. The van der Waals surface area contributed by atoms with Crippen molar-refractivity contribution in [1.82, 2.24) is 4.57 Å². The van der Waals surface area contributed by atoms with Crippen LogP contribution in [0.5, 0.6) is 5.75 Å². The van der Waals surface area contributed by atoms with Gasteiger partial charge < -0.3 is 9.30 Å². The van der Waals surface area contributed by atoms with Crippen LogP contribution in [0.25, 0.3) is 21.3 Å². The molecule has 5 rings (SSSR count). The Morgan fingerprint density at radius 3 is 2.68 bits per heavy atom. The number of thiophene rings is 1. The summed E-state index contributed by atoms with van der Waals surface area (Å²) in [6.45, 7) is 2.99. The highest BCUT2D eigenvalue weighted by Crippen LogP contribution is 2.50. The van der Waals surface area contributed by atoms with Gasteiger partial charge in [-0.2, -0.15) is 0 Å². The van der Waals surface area contributed by atoms with Crippen molar-refractivity contribution in [3.8, 4) is 16.2 Å². The van der Waals surface area contributed by atoms with E-state index in [4.69, 9.17) is 4.74 Å². The SMILES string of the molecule is COc1c(-c2cc3c(s2)C(C)C(F)(F)CC3)ccc2c(=O)c(C(C)=O)cn(C3CC3)c12. The zero-order valence-electron chi connectivity index (χ0n) is 17.6. The van der Waals surface area contributed by atoms with Crippen LogP contribution in [0.4, 0.5) is 8.78 Å². The fourth-order valence-corrected chi connectivity index (χ4v) is 5.91. The second-order valence-electron chi connectivity index (χ2n) is 8.59. The highest BCUT2D eigenvalue weighted by Gasteiger charge is 2.42. The summed E-state index contributed by atoms with van der Waals surface area (Å²) in [4.78, 5) is 26.6. The number of aromatic nitrogens is 1. The number of nitrogens with zero attached hydrogens (tertiary/aromatic N) is 1. The summed E-state index contributed by atoms with van der Waals surface area (Å²) >= 11 is 1.38. The van der Waals surface area contributed by atoms with Crippen LogP contribution in [0.15, 0.2) is 29.2 Å². The van der Waals surface area contributed by atoms with Gasteiger partial charge in [0, 0.05) is 34.0 Å². The van der Waals surface area contributed by atoms with Crippen molar-refractivity contribution in [2.75, 3.05) is 7.11 Å². The molecule has 1 fully saturated rings. The highest BCUT2D eigenvalue weighted by molar-refractivity contribution is 7.15. The molecule has 0 N–H and O–H groups in total. The second-order valence-corrected chi connectivity index (χ2v) is 9.68. The van der Waals surface area contributed by atoms with Crippen molar-refractivity contribution >= 4 is 28.0 Å². The molecule has 2 heterocycles. The molecule has 162 valence electrons. The Balaban J connectivity index is 1.75. The molecular formula is C24H23F2NO3S. The molecule has 0 bridgehead atoms. The van der Waals surface area contributed by atoms with Gasteiger partial charge in [0.25, 0.3) is 5.92 Å². The van der Waals surface area contributed by atoms with E-state index in [1.807, 2.05) is 16.7 Å². The number of alkyl halides is 2. The normalized spacial score (nSPS) is 20.0. The number of carbonyl (C=O) groups excluding carboxylic acids is 1. The smallest absolute Gasteiger partial charge is 0.255 e. The summed E-state index contributed by atoms with van der Waals surface area (Å²) in [5, 5.41) is 0.446. The number of carbonyl (C=O) groups is 1. The van der Waals surface area contributed by atoms with Gasteiger partial charge in [0.05, 0.1) is 29.5 Å². The fourth-order valence-electron chi connectivity index (χ4n) is 4.56. The Bertz CT molecular complexity index is 1290. The van der Waals surface area contributed by atoms with E-state index in [2.05, 4.69) is 0 Å². The summed E-state index contributed by atoms with van der Waals surface area (Å²) in [5.41, 5.74) is 2.29. The molecule has 2 aliphatic rings. The molecule has 3 aromatic rings. The van der Waals surface area contributed by atoms with Crippen LogP contribution in [0.2, 0.25) is 0 Å². The van der Waals surface area contributed by atoms with Crippen molar-refractivity contribution < 1.29 is 18.3 Å². The van der Waals surface area contributed by atoms with Crippen LogP contribution in [0, 0.1) is 0 Å². The summed E-state index contributed by atoms with van der Waals surface area (Å²) in [6.07, 6.45) is 3.82. The molecule has 1 atom stereocenters. The lowest BCUT2D eigenvalue weighted by Crippen LogP contribution is -2.28. The highest BCUT2D eigenvalue weighted by atomic mass is 32.1. The van der Waals surface area contributed by atoms with E-state index in [1.165, 1.54) is 18.3 Å². The maximum atomic E-state index is 14.3. The van der Waals surface area contributed by atoms with Crippen molar-refractivity contribution in [3.05, 3.63) is 50.6 Å². The second kappa shape index (κ2) is 6.99. The number of Topliss-reactive ketones (excluding diaryl/α,β-unsaturated/α-hetero) is 1.